The van der Waals surface area contributed by atoms with Crippen LogP contribution in [0.5, 0.6) is 0 Å². The Hall–Kier alpha value is -0.340. The molecule has 78 valence electrons. The van der Waals surface area contributed by atoms with Crippen molar-refractivity contribution in [3.05, 3.63) is 22.4 Å². The van der Waals surface area contributed by atoms with E-state index in [0.717, 1.165) is 12.5 Å². The second-order valence-corrected chi connectivity index (χ2v) is 5.56. The van der Waals surface area contributed by atoms with Crippen LogP contribution < -0.4 is 5.32 Å². The highest BCUT2D eigenvalue weighted by Gasteiger charge is 2.48. The smallest absolute Gasteiger partial charge is 0.0130 e. The summed E-state index contributed by atoms with van der Waals surface area (Å²) in [4.78, 5) is 0. The SMILES string of the molecule is CCNC1CC(c2ccsc2)C1(C)C. The molecule has 1 aliphatic carbocycles. The van der Waals surface area contributed by atoms with Crippen molar-refractivity contribution in [1.82, 2.24) is 5.32 Å². The molecule has 0 saturated heterocycles. The lowest BCUT2D eigenvalue weighted by atomic mass is 9.56. The van der Waals surface area contributed by atoms with Gasteiger partial charge in [-0.2, -0.15) is 11.3 Å². The Morgan fingerprint density at radius 2 is 2.36 bits per heavy atom. The van der Waals surface area contributed by atoms with Gasteiger partial charge in [0.25, 0.3) is 0 Å². The molecule has 1 saturated carbocycles. The summed E-state index contributed by atoms with van der Waals surface area (Å²) >= 11 is 1.81. The van der Waals surface area contributed by atoms with E-state index < -0.39 is 0 Å². The van der Waals surface area contributed by atoms with Gasteiger partial charge in [-0.05, 0) is 46.7 Å². The van der Waals surface area contributed by atoms with Crippen LogP contribution in [0.25, 0.3) is 0 Å². The summed E-state index contributed by atoms with van der Waals surface area (Å²) in [5, 5.41) is 8.05. The molecule has 1 aliphatic rings. The minimum Gasteiger partial charge on any atom is -0.314 e. The summed E-state index contributed by atoms with van der Waals surface area (Å²) in [6, 6.07) is 2.98. The predicted octanol–water partition coefficient (Wildman–Crippen LogP) is 3.24. The van der Waals surface area contributed by atoms with Crippen LogP contribution in [0.1, 0.15) is 38.7 Å². The summed E-state index contributed by atoms with van der Waals surface area (Å²) in [6.45, 7) is 8.04. The number of hydrogen-bond acceptors (Lipinski definition) is 2. The molecule has 0 aromatic carbocycles. The quantitative estimate of drug-likeness (QED) is 0.806. The Kier molecular flexibility index (Phi) is 2.67. The summed E-state index contributed by atoms with van der Waals surface area (Å²) in [5.41, 5.74) is 1.96. The minimum absolute atomic E-state index is 0.428. The second-order valence-electron chi connectivity index (χ2n) is 4.78. The van der Waals surface area contributed by atoms with E-state index in [4.69, 9.17) is 0 Å². The summed E-state index contributed by atoms with van der Waals surface area (Å²) in [5.74, 6) is 0.762. The van der Waals surface area contributed by atoms with Crippen molar-refractivity contribution in [3.8, 4) is 0 Å². The van der Waals surface area contributed by atoms with E-state index in [9.17, 15) is 0 Å². The van der Waals surface area contributed by atoms with E-state index in [1.807, 2.05) is 11.3 Å². The van der Waals surface area contributed by atoms with Crippen molar-refractivity contribution < 1.29 is 0 Å². The molecule has 2 atom stereocenters. The third-order valence-corrected chi connectivity index (χ3v) is 4.37. The van der Waals surface area contributed by atoms with Crippen LogP contribution in [0.4, 0.5) is 0 Å². The van der Waals surface area contributed by atoms with E-state index in [1.165, 1.54) is 12.0 Å². The molecule has 0 spiro atoms. The molecule has 2 rings (SSSR count). The molecule has 1 fully saturated rings. The zero-order chi connectivity index (χ0) is 10.2. The van der Waals surface area contributed by atoms with Crippen LogP contribution in [0.2, 0.25) is 0 Å². The largest absolute Gasteiger partial charge is 0.314 e. The highest BCUT2D eigenvalue weighted by atomic mass is 32.1. The lowest BCUT2D eigenvalue weighted by Gasteiger charge is -2.52. The van der Waals surface area contributed by atoms with Gasteiger partial charge in [0, 0.05) is 6.04 Å². The number of thiophene rings is 1. The van der Waals surface area contributed by atoms with Gasteiger partial charge in [-0.1, -0.05) is 20.8 Å². The molecular weight excluding hydrogens is 190 g/mol. The number of hydrogen-bond donors (Lipinski definition) is 1. The van der Waals surface area contributed by atoms with Gasteiger partial charge in [0.2, 0.25) is 0 Å². The monoisotopic (exact) mass is 209 g/mol. The highest BCUT2D eigenvalue weighted by Crippen LogP contribution is 2.52. The number of nitrogens with one attached hydrogen (secondary N) is 1. The van der Waals surface area contributed by atoms with Crippen molar-refractivity contribution >= 4 is 11.3 Å². The van der Waals surface area contributed by atoms with Crippen molar-refractivity contribution in [2.24, 2.45) is 5.41 Å². The second kappa shape index (κ2) is 3.67. The Morgan fingerprint density at radius 3 is 2.86 bits per heavy atom. The van der Waals surface area contributed by atoms with E-state index >= 15 is 0 Å². The van der Waals surface area contributed by atoms with Crippen molar-refractivity contribution in [2.75, 3.05) is 6.54 Å². The third kappa shape index (κ3) is 1.51. The Morgan fingerprint density at radius 1 is 1.57 bits per heavy atom. The van der Waals surface area contributed by atoms with E-state index in [1.54, 1.807) is 0 Å². The first-order valence-electron chi connectivity index (χ1n) is 5.41. The molecule has 1 N–H and O–H groups in total. The lowest BCUT2D eigenvalue weighted by molar-refractivity contribution is 0.0709. The van der Waals surface area contributed by atoms with Crippen molar-refractivity contribution in [1.29, 1.82) is 0 Å². The molecular formula is C12H19NS. The van der Waals surface area contributed by atoms with Crippen molar-refractivity contribution in [3.63, 3.8) is 0 Å². The van der Waals surface area contributed by atoms with Gasteiger partial charge in [-0.25, -0.2) is 0 Å². The first-order valence-corrected chi connectivity index (χ1v) is 6.36. The Bertz CT molecular complexity index is 289. The van der Waals surface area contributed by atoms with E-state index in [0.29, 0.717) is 11.5 Å². The fourth-order valence-electron chi connectivity index (χ4n) is 2.56. The maximum Gasteiger partial charge on any atom is 0.0130 e. The molecule has 1 nitrogen and oxygen atoms in total. The van der Waals surface area contributed by atoms with E-state index in [-0.39, 0.29) is 0 Å². The Balaban J connectivity index is 2.06. The standard InChI is InChI=1S/C12H19NS/c1-4-13-11-7-10(12(11,2)3)9-5-6-14-8-9/h5-6,8,10-11,13H,4,7H2,1-3H3. The minimum atomic E-state index is 0.428. The predicted molar refractivity (Wildman–Crippen MR) is 62.9 cm³/mol. The Labute approximate surface area is 90.5 Å². The molecule has 2 heteroatoms. The molecule has 0 amide bonds. The molecule has 0 aliphatic heterocycles. The molecule has 1 heterocycles. The fourth-order valence-corrected chi connectivity index (χ4v) is 3.27. The van der Waals surface area contributed by atoms with Crippen LogP contribution in [0, 0.1) is 5.41 Å². The normalized spacial score (nSPS) is 29.9. The zero-order valence-electron chi connectivity index (χ0n) is 9.21. The van der Waals surface area contributed by atoms with Gasteiger partial charge in [0.15, 0.2) is 0 Å². The van der Waals surface area contributed by atoms with Gasteiger partial charge >= 0.3 is 0 Å². The molecule has 0 bridgehead atoms. The first kappa shape index (κ1) is 10.2. The van der Waals surface area contributed by atoms with Gasteiger partial charge in [-0.3, -0.25) is 0 Å². The molecule has 2 unspecified atom stereocenters. The summed E-state index contributed by atoms with van der Waals surface area (Å²) in [6.07, 6.45) is 1.30. The van der Waals surface area contributed by atoms with Gasteiger partial charge in [0.1, 0.15) is 0 Å². The van der Waals surface area contributed by atoms with Gasteiger partial charge in [0.05, 0.1) is 0 Å². The molecule has 1 aromatic heterocycles. The molecule has 14 heavy (non-hydrogen) atoms. The van der Waals surface area contributed by atoms with Crippen LogP contribution in [0.15, 0.2) is 16.8 Å². The fraction of sp³-hybridized carbons (Fsp3) is 0.667. The van der Waals surface area contributed by atoms with Crippen LogP contribution in [-0.4, -0.2) is 12.6 Å². The molecule has 0 radical (unpaired) electrons. The maximum atomic E-state index is 3.57. The van der Waals surface area contributed by atoms with Crippen LogP contribution in [0.3, 0.4) is 0 Å². The van der Waals surface area contributed by atoms with Gasteiger partial charge < -0.3 is 5.32 Å². The topological polar surface area (TPSA) is 12.0 Å². The molecule has 1 aromatic rings. The zero-order valence-corrected chi connectivity index (χ0v) is 10.0. The van der Waals surface area contributed by atoms with E-state index in [2.05, 4.69) is 42.9 Å². The maximum absolute atomic E-state index is 3.57. The van der Waals surface area contributed by atoms with Crippen LogP contribution in [-0.2, 0) is 0 Å². The van der Waals surface area contributed by atoms with Gasteiger partial charge in [-0.15, -0.1) is 0 Å². The summed E-state index contributed by atoms with van der Waals surface area (Å²) < 4.78 is 0. The first-order chi connectivity index (χ1) is 6.66. The summed E-state index contributed by atoms with van der Waals surface area (Å²) in [7, 11) is 0. The average Bonchev–Trinajstić information content (AvgIpc) is 2.64. The lowest BCUT2D eigenvalue weighted by Crippen LogP contribution is -2.55. The highest BCUT2D eigenvalue weighted by molar-refractivity contribution is 7.08. The van der Waals surface area contributed by atoms with Crippen molar-refractivity contribution in [2.45, 2.75) is 39.2 Å². The third-order valence-electron chi connectivity index (χ3n) is 3.66. The number of rotatable bonds is 3. The van der Waals surface area contributed by atoms with Crippen LogP contribution >= 0.6 is 11.3 Å². The average molecular weight is 209 g/mol.